The Kier molecular flexibility index (Phi) is 6.33. The summed E-state index contributed by atoms with van der Waals surface area (Å²) in [6.07, 6.45) is 0.884. The van der Waals surface area contributed by atoms with Crippen molar-refractivity contribution in [3.8, 4) is 11.5 Å². The first-order chi connectivity index (χ1) is 15.0. The molecule has 0 aliphatic carbocycles. The Hall–Kier alpha value is -2.78. The normalized spacial score (nSPS) is 22.0. The van der Waals surface area contributed by atoms with Crippen molar-refractivity contribution in [3.63, 3.8) is 0 Å². The maximum atomic E-state index is 13.4. The lowest BCUT2D eigenvalue weighted by Crippen LogP contribution is -2.45. The summed E-state index contributed by atoms with van der Waals surface area (Å²) in [5.41, 5.74) is 2.13. The minimum atomic E-state index is -0.542. The number of amides is 3. The number of nitrogens with zero attached hydrogens (tertiary/aromatic N) is 3. The Balaban J connectivity index is 1.53. The minimum absolute atomic E-state index is 0.0318. The van der Waals surface area contributed by atoms with Crippen molar-refractivity contribution < 1.29 is 23.8 Å². The van der Waals surface area contributed by atoms with Crippen LogP contribution in [0.3, 0.4) is 0 Å². The number of morpholine rings is 1. The van der Waals surface area contributed by atoms with Gasteiger partial charge in [0.25, 0.3) is 5.91 Å². The Morgan fingerprint density at radius 2 is 1.74 bits per heavy atom. The first kappa shape index (κ1) is 21.5. The topological polar surface area (TPSA) is 83.6 Å². The fourth-order valence-corrected chi connectivity index (χ4v) is 4.36. The minimum Gasteiger partial charge on any atom is -0.497 e. The van der Waals surface area contributed by atoms with Crippen molar-refractivity contribution in [2.45, 2.75) is 12.5 Å². The van der Waals surface area contributed by atoms with E-state index in [0.717, 1.165) is 50.5 Å². The van der Waals surface area contributed by atoms with Crippen molar-refractivity contribution >= 4 is 11.9 Å². The molecule has 0 spiro atoms. The van der Waals surface area contributed by atoms with Crippen LogP contribution in [0.25, 0.3) is 0 Å². The molecule has 0 aromatic heterocycles. The number of carbonyl (C=O) groups excluding carboxylic acids is 2. The lowest BCUT2D eigenvalue weighted by Gasteiger charge is -2.31. The quantitative estimate of drug-likeness (QED) is 0.700. The van der Waals surface area contributed by atoms with Crippen LogP contribution in [0.4, 0.5) is 4.79 Å². The number of rotatable bonds is 7. The van der Waals surface area contributed by atoms with Crippen LogP contribution in [0.5, 0.6) is 11.5 Å². The van der Waals surface area contributed by atoms with Crippen molar-refractivity contribution in [1.29, 1.82) is 0 Å². The molecule has 31 heavy (non-hydrogen) atoms. The third-order valence-electron chi connectivity index (χ3n) is 6.15. The largest absolute Gasteiger partial charge is 0.497 e. The molecule has 1 aromatic rings. The van der Waals surface area contributed by atoms with Crippen LogP contribution >= 0.6 is 0 Å². The van der Waals surface area contributed by atoms with Crippen LogP contribution in [0, 0.1) is 0 Å². The number of likely N-dealkylation sites (N-methyl/N-ethyl adjacent to an activating group) is 1. The van der Waals surface area contributed by atoms with Gasteiger partial charge in [0.15, 0.2) is 0 Å². The number of benzene rings is 1. The fraction of sp³-hybridized carbons (Fsp3) is 0.545. The molecule has 1 N–H and O–H groups in total. The van der Waals surface area contributed by atoms with Crippen LogP contribution in [0.15, 0.2) is 29.5 Å². The van der Waals surface area contributed by atoms with Crippen molar-refractivity contribution in [3.05, 3.63) is 35.0 Å². The highest BCUT2D eigenvalue weighted by Crippen LogP contribution is 2.38. The number of hydrogen-bond acceptors (Lipinski definition) is 6. The Morgan fingerprint density at radius 3 is 2.39 bits per heavy atom. The molecular weight excluding hydrogens is 400 g/mol. The summed E-state index contributed by atoms with van der Waals surface area (Å²) in [7, 11) is 4.86. The third kappa shape index (κ3) is 4.33. The van der Waals surface area contributed by atoms with Crippen molar-refractivity contribution in [2.75, 3.05) is 67.2 Å². The maximum Gasteiger partial charge on any atom is 0.322 e. The van der Waals surface area contributed by atoms with Crippen LogP contribution in [-0.2, 0) is 9.53 Å². The monoisotopic (exact) mass is 430 g/mol. The highest BCUT2D eigenvalue weighted by Gasteiger charge is 2.42. The zero-order valence-electron chi connectivity index (χ0n) is 18.3. The molecule has 3 heterocycles. The maximum absolute atomic E-state index is 13.4. The summed E-state index contributed by atoms with van der Waals surface area (Å²) in [6.45, 7) is 5.43. The summed E-state index contributed by atoms with van der Waals surface area (Å²) in [4.78, 5) is 31.7. The molecule has 1 atom stereocenters. The van der Waals surface area contributed by atoms with Gasteiger partial charge in [-0.1, -0.05) is 0 Å². The number of ether oxygens (including phenoxy) is 3. The molecular formula is C22H30N4O5. The van der Waals surface area contributed by atoms with E-state index in [0.29, 0.717) is 30.2 Å². The van der Waals surface area contributed by atoms with Gasteiger partial charge in [0.05, 0.1) is 51.3 Å². The zero-order valence-corrected chi connectivity index (χ0v) is 18.3. The van der Waals surface area contributed by atoms with Gasteiger partial charge in [-0.25, -0.2) is 4.79 Å². The van der Waals surface area contributed by atoms with E-state index in [4.69, 9.17) is 14.2 Å². The first-order valence-corrected chi connectivity index (χ1v) is 10.6. The van der Waals surface area contributed by atoms with Crippen LogP contribution in [0.2, 0.25) is 0 Å². The number of hydrogen-bond donors (Lipinski definition) is 1. The third-order valence-corrected chi connectivity index (χ3v) is 6.15. The highest BCUT2D eigenvalue weighted by atomic mass is 16.5. The van der Waals surface area contributed by atoms with E-state index < -0.39 is 6.04 Å². The van der Waals surface area contributed by atoms with Crippen molar-refractivity contribution in [2.24, 2.45) is 0 Å². The van der Waals surface area contributed by atoms with E-state index in [2.05, 4.69) is 10.2 Å². The molecule has 1 saturated heterocycles. The molecule has 0 radical (unpaired) electrons. The molecule has 4 rings (SSSR count). The molecule has 0 bridgehead atoms. The van der Waals surface area contributed by atoms with Gasteiger partial charge >= 0.3 is 6.03 Å². The molecule has 3 amide bonds. The summed E-state index contributed by atoms with van der Waals surface area (Å²) >= 11 is 0. The molecule has 168 valence electrons. The average molecular weight is 431 g/mol. The standard InChI is InChI=1S/C22H30N4O5/c1-24-18-14-26(6-4-5-25-7-9-31-10-8-25)21(27)19(18)20(23-22(24)28)15-11-16(29-2)13-17(12-15)30-3/h11-13,20H,4-10,14H2,1-3H3,(H,23,28). The van der Waals surface area contributed by atoms with E-state index in [1.54, 1.807) is 32.2 Å². The smallest absolute Gasteiger partial charge is 0.322 e. The van der Waals surface area contributed by atoms with Crippen LogP contribution in [0.1, 0.15) is 18.0 Å². The number of nitrogens with one attached hydrogen (secondary N) is 1. The van der Waals surface area contributed by atoms with Gasteiger partial charge in [0.1, 0.15) is 11.5 Å². The molecule has 1 unspecified atom stereocenters. The number of carbonyl (C=O) groups is 2. The highest BCUT2D eigenvalue weighted by molar-refractivity contribution is 6.01. The van der Waals surface area contributed by atoms with E-state index in [-0.39, 0.29) is 11.9 Å². The molecule has 9 nitrogen and oxygen atoms in total. The van der Waals surface area contributed by atoms with Gasteiger partial charge in [-0.15, -0.1) is 0 Å². The van der Waals surface area contributed by atoms with Crippen LogP contribution in [-0.4, -0.2) is 93.8 Å². The lowest BCUT2D eigenvalue weighted by atomic mass is 9.95. The summed E-state index contributed by atoms with van der Waals surface area (Å²) in [5, 5.41) is 2.96. The van der Waals surface area contributed by atoms with Gasteiger partial charge in [-0.05, 0) is 24.1 Å². The Bertz CT molecular complexity index is 858. The fourth-order valence-electron chi connectivity index (χ4n) is 4.36. The molecule has 1 aromatic carbocycles. The van der Waals surface area contributed by atoms with Crippen LogP contribution < -0.4 is 14.8 Å². The number of urea groups is 1. The zero-order chi connectivity index (χ0) is 22.0. The second-order valence-corrected chi connectivity index (χ2v) is 7.98. The second kappa shape index (κ2) is 9.15. The number of methoxy groups -OCH3 is 2. The van der Waals surface area contributed by atoms with E-state index >= 15 is 0 Å². The second-order valence-electron chi connectivity index (χ2n) is 7.98. The summed E-state index contributed by atoms with van der Waals surface area (Å²) < 4.78 is 16.2. The molecule has 3 aliphatic rings. The van der Waals surface area contributed by atoms with E-state index in [1.165, 1.54) is 0 Å². The SMILES string of the molecule is COc1cc(OC)cc(C2NC(=O)N(C)C3=C2C(=O)N(CCCN2CCOCC2)C3)c1. The Morgan fingerprint density at radius 1 is 1.06 bits per heavy atom. The van der Waals surface area contributed by atoms with E-state index in [9.17, 15) is 9.59 Å². The molecule has 9 heteroatoms. The van der Waals surface area contributed by atoms with Gasteiger partial charge in [-0.2, -0.15) is 0 Å². The van der Waals surface area contributed by atoms with Gasteiger partial charge in [0.2, 0.25) is 0 Å². The van der Waals surface area contributed by atoms with Gasteiger partial charge in [0, 0.05) is 39.3 Å². The summed E-state index contributed by atoms with van der Waals surface area (Å²) in [5.74, 6) is 1.19. The Labute approximate surface area is 182 Å². The molecule has 3 aliphatic heterocycles. The lowest BCUT2D eigenvalue weighted by molar-refractivity contribution is -0.125. The molecule has 0 saturated carbocycles. The predicted octanol–water partition coefficient (Wildman–Crippen LogP) is 1.22. The van der Waals surface area contributed by atoms with Crippen molar-refractivity contribution in [1.82, 2.24) is 20.0 Å². The summed E-state index contributed by atoms with van der Waals surface area (Å²) in [6, 6.07) is 4.66. The van der Waals surface area contributed by atoms with Gasteiger partial charge < -0.3 is 24.4 Å². The van der Waals surface area contributed by atoms with E-state index in [1.807, 2.05) is 17.0 Å². The molecule has 1 fully saturated rings. The van der Waals surface area contributed by atoms with Gasteiger partial charge in [-0.3, -0.25) is 14.6 Å². The average Bonchev–Trinajstić information content (AvgIpc) is 3.13. The first-order valence-electron chi connectivity index (χ1n) is 10.6. The predicted molar refractivity (Wildman–Crippen MR) is 114 cm³/mol.